The number of nitrogens with zero attached hydrogens (tertiary/aromatic N) is 2. The summed E-state index contributed by atoms with van der Waals surface area (Å²) in [7, 11) is 0. The molecule has 2 aromatic carbocycles. The number of halogens is 1. The van der Waals surface area contributed by atoms with Gasteiger partial charge in [0.05, 0.1) is 17.3 Å². The predicted molar refractivity (Wildman–Crippen MR) is 119 cm³/mol. The molecule has 7 nitrogen and oxygen atoms in total. The van der Waals surface area contributed by atoms with E-state index in [1.54, 1.807) is 12.1 Å². The number of fused-ring (bicyclic) bond motifs is 1. The lowest BCUT2D eigenvalue weighted by atomic mass is 10.1. The average molecular weight is 454 g/mol. The van der Waals surface area contributed by atoms with E-state index in [9.17, 15) is 9.59 Å². The zero-order valence-corrected chi connectivity index (χ0v) is 17.8. The lowest BCUT2D eigenvalue weighted by molar-refractivity contribution is 0.0701. The van der Waals surface area contributed by atoms with Crippen LogP contribution in [0.4, 0.5) is 5.13 Å². The third kappa shape index (κ3) is 4.65. The number of carboxylic acids is 1. The summed E-state index contributed by atoms with van der Waals surface area (Å²) < 4.78 is 5.82. The van der Waals surface area contributed by atoms with E-state index in [2.05, 4.69) is 15.3 Å². The van der Waals surface area contributed by atoms with Crippen molar-refractivity contribution in [1.82, 2.24) is 9.97 Å². The number of carboxylic acid groups (broad SMARTS) is 1. The summed E-state index contributed by atoms with van der Waals surface area (Å²) >= 11 is 7.07. The van der Waals surface area contributed by atoms with Gasteiger partial charge in [-0.2, -0.15) is 0 Å². The summed E-state index contributed by atoms with van der Waals surface area (Å²) in [5, 5.41) is 13.1. The van der Waals surface area contributed by atoms with Crippen LogP contribution in [-0.4, -0.2) is 27.0 Å². The van der Waals surface area contributed by atoms with Crippen molar-refractivity contribution in [2.45, 2.75) is 13.5 Å². The smallest absolute Gasteiger partial charge is 0.347 e. The Morgan fingerprint density at radius 3 is 2.74 bits per heavy atom. The van der Waals surface area contributed by atoms with E-state index < -0.39 is 11.9 Å². The number of aryl methyl sites for hydroxylation is 1. The Bertz CT molecular complexity index is 1310. The van der Waals surface area contributed by atoms with Crippen LogP contribution in [-0.2, 0) is 6.61 Å². The summed E-state index contributed by atoms with van der Waals surface area (Å²) in [5.41, 5.74) is 2.70. The molecular weight excluding hydrogens is 438 g/mol. The van der Waals surface area contributed by atoms with Crippen molar-refractivity contribution in [2.24, 2.45) is 0 Å². The molecule has 156 valence electrons. The second kappa shape index (κ2) is 8.71. The number of carbonyl (C=O) groups excluding carboxylic acids is 1. The van der Waals surface area contributed by atoms with Crippen LogP contribution in [0.25, 0.3) is 10.9 Å². The third-order valence-corrected chi connectivity index (χ3v) is 5.73. The van der Waals surface area contributed by atoms with Gasteiger partial charge in [0.15, 0.2) is 5.13 Å². The van der Waals surface area contributed by atoms with E-state index in [4.69, 9.17) is 21.4 Å². The number of anilines is 1. The number of carbonyl (C=O) groups is 2. The molecule has 31 heavy (non-hydrogen) atoms. The molecule has 0 fully saturated rings. The summed E-state index contributed by atoms with van der Waals surface area (Å²) in [6.45, 7) is 2.11. The first-order valence-electron chi connectivity index (χ1n) is 9.19. The minimum Gasteiger partial charge on any atom is -0.477 e. The number of benzene rings is 2. The summed E-state index contributed by atoms with van der Waals surface area (Å²) in [4.78, 5) is 32.6. The molecule has 4 rings (SSSR count). The fourth-order valence-corrected chi connectivity index (χ4v) is 3.78. The van der Waals surface area contributed by atoms with Crippen LogP contribution in [0.1, 0.15) is 31.2 Å². The highest BCUT2D eigenvalue weighted by Crippen LogP contribution is 2.26. The van der Waals surface area contributed by atoms with Gasteiger partial charge in [0.25, 0.3) is 5.91 Å². The molecule has 0 aliphatic carbocycles. The number of ether oxygens (including phenoxy) is 1. The van der Waals surface area contributed by atoms with Crippen molar-refractivity contribution in [1.29, 1.82) is 0 Å². The minimum atomic E-state index is -1.10. The molecule has 9 heteroatoms. The fraction of sp³-hybridized carbons (Fsp3) is 0.0909. The standard InChI is InChI=1S/C22H16ClN3O4S/c1-12-6-7-17-14(8-12)15(20(27)26-22-24-10-18(31-22)21(28)29)9-19(25-17)30-11-13-4-2-3-5-16(13)23/h2-10H,11H2,1H3,(H,28,29)(H,24,26,27). The molecule has 0 saturated heterocycles. The van der Waals surface area contributed by atoms with Crippen LogP contribution in [0.5, 0.6) is 5.88 Å². The van der Waals surface area contributed by atoms with Gasteiger partial charge in [0.1, 0.15) is 11.5 Å². The molecule has 2 aromatic heterocycles. The van der Waals surface area contributed by atoms with Crippen LogP contribution < -0.4 is 10.1 Å². The number of thiazole rings is 1. The molecule has 0 bridgehead atoms. The van der Waals surface area contributed by atoms with Gasteiger partial charge in [0, 0.05) is 22.0 Å². The average Bonchev–Trinajstić information content (AvgIpc) is 3.21. The highest BCUT2D eigenvalue weighted by Gasteiger charge is 2.17. The highest BCUT2D eigenvalue weighted by molar-refractivity contribution is 7.17. The molecule has 4 aromatic rings. The van der Waals surface area contributed by atoms with Crippen molar-refractivity contribution in [3.8, 4) is 5.88 Å². The molecule has 0 atom stereocenters. The van der Waals surface area contributed by atoms with Crippen molar-refractivity contribution >= 4 is 50.8 Å². The second-order valence-corrected chi connectivity index (χ2v) is 8.14. The monoisotopic (exact) mass is 453 g/mol. The zero-order valence-electron chi connectivity index (χ0n) is 16.3. The van der Waals surface area contributed by atoms with Crippen molar-refractivity contribution in [2.75, 3.05) is 5.32 Å². The Morgan fingerprint density at radius 1 is 1.19 bits per heavy atom. The SMILES string of the molecule is Cc1ccc2nc(OCc3ccccc3Cl)cc(C(=O)Nc3ncc(C(=O)O)s3)c2c1. The maximum absolute atomic E-state index is 13.0. The molecular formula is C22H16ClN3O4S. The summed E-state index contributed by atoms with van der Waals surface area (Å²) in [5.74, 6) is -1.27. The molecule has 2 N–H and O–H groups in total. The van der Waals surface area contributed by atoms with Gasteiger partial charge < -0.3 is 9.84 Å². The Balaban J connectivity index is 1.66. The van der Waals surface area contributed by atoms with E-state index in [-0.39, 0.29) is 22.5 Å². The number of hydrogen-bond acceptors (Lipinski definition) is 6. The summed E-state index contributed by atoms with van der Waals surface area (Å²) in [6, 6.07) is 14.4. The van der Waals surface area contributed by atoms with E-state index in [1.165, 1.54) is 6.20 Å². The molecule has 1 amide bonds. The van der Waals surface area contributed by atoms with Crippen LogP contribution in [0.3, 0.4) is 0 Å². The van der Waals surface area contributed by atoms with Crippen LogP contribution >= 0.6 is 22.9 Å². The molecule has 0 radical (unpaired) electrons. The third-order valence-electron chi connectivity index (χ3n) is 4.46. The predicted octanol–water partition coefficient (Wildman–Crippen LogP) is 5.18. The number of hydrogen-bond donors (Lipinski definition) is 2. The van der Waals surface area contributed by atoms with Gasteiger partial charge >= 0.3 is 5.97 Å². The van der Waals surface area contributed by atoms with E-state index in [0.29, 0.717) is 21.5 Å². The minimum absolute atomic E-state index is 0.0366. The number of aromatic nitrogens is 2. The fourth-order valence-electron chi connectivity index (χ4n) is 2.94. The Morgan fingerprint density at radius 2 is 2.00 bits per heavy atom. The Labute approximate surface area is 186 Å². The second-order valence-electron chi connectivity index (χ2n) is 6.70. The maximum atomic E-state index is 13.0. The molecule has 0 aliphatic heterocycles. The van der Waals surface area contributed by atoms with Crippen LogP contribution in [0.15, 0.2) is 54.7 Å². The molecule has 0 saturated carbocycles. The number of amides is 1. The van der Waals surface area contributed by atoms with Gasteiger partial charge in [-0.25, -0.2) is 14.8 Å². The molecule has 2 heterocycles. The normalized spacial score (nSPS) is 10.8. The first kappa shape index (κ1) is 20.8. The van der Waals surface area contributed by atoms with Gasteiger partial charge in [-0.15, -0.1) is 0 Å². The van der Waals surface area contributed by atoms with Gasteiger partial charge in [0.2, 0.25) is 5.88 Å². The lowest BCUT2D eigenvalue weighted by Gasteiger charge is -2.12. The molecule has 0 unspecified atom stereocenters. The number of pyridine rings is 1. The van der Waals surface area contributed by atoms with Gasteiger partial charge in [-0.05, 0) is 25.1 Å². The van der Waals surface area contributed by atoms with Crippen molar-refractivity contribution < 1.29 is 19.4 Å². The summed E-state index contributed by atoms with van der Waals surface area (Å²) in [6.07, 6.45) is 1.20. The van der Waals surface area contributed by atoms with E-state index >= 15 is 0 Å². The van der Waals surface area contributed by atoms with Gasteiger partial charge in [-0.3, -0.25) is 10.1 Å². The van der Waals surface area contributed by atoms with E-state index in [0.717, 1.165) is 22.5 Å². The topological polar surface area (TPSA) is 101 Å². The van der Waals surface area contributed by atoms with Gasteiger partial charge in [-0.1, -0.05) is 52.8 Å². The first-order valence-corrected chi connectivity index (χ1v) is 10.4. The number of rotatable bonds is 6. The number of nitrogens with one attached hydrogen (secondary N) is 1. The van der Waals surface area contributed by atoms with Crippen LogP contribution in [0.2, 0.25) is 5.02 Å². The Hall–Kier alpha value is -3.49. The van der Waals surface area contributed by atoms with E-state index in [1.807, 2.05) is 43.3 Å². The van der Waals surface area contributed by atoms with Crippen LogP contribution in [0, 0.1) is 6.92 Å². The Kier molecular flexibility index (Phi) is 5.83. The van der Waals surface area contributed by atoms with Crippen molar-refractivity contribution in [3.63, 3.8) is 0 Å². The molecule has 0 aliphatic rings. The molecule has 0 spiro atoms. The quantitative estimate of drug-likeness (QED) is 0.417. The van der Waals surface area contributed by atoms with Crippen molar-refractivity contribution in [3.05, 3.63) is 81.3 Å². The zero-order chi connectivity index (χ0) is 22.0. The maximum Gasteiger partial charge on any atom is 0.347 e. The first-order chi connectivity index (χ1) is 14.9. The largest absolute Gasteiger partial charge is 0.477 e. The number of aromatic carboxylic acids is 1. The lowest BCUT2D eigenvalue weighted by Crippen LogP contribution is -2.13. The highest BCUT2D eigenvalue weighted by atomic mass is 35.5.